The highest BCUT2D eigenvalue weighted by atomic mass is 35.5. The van der Waals surface area contributed by atoms with Crippen LogP contribution in [0, 0.1) is 0 Å². The third kappa shape index (κ3) is 4.31. The summed E-state index contributed by atoms with van der Waals surface area (Å²) < 4.78 is 0. The molecule has 4 heteroatoms. The zero-order valence-corrected chi connectivity index (χ0v) is 13.5. The molecule has 0 amide bonds. The average molecular weight is 322 g/mol. The zero-order chi connectivity index (χ0) is 15.4. The highest BCUT2D eigenvalue weighted by molar-refractivity contribution is 6.31. The number of nitrogens with zero attached hydrogens (tertiary/aromatic N) is 1. The first-order valence-corrected chi connectivity index (χ1v) is 7.47. The van der Waals surface area contributed by atoms with Crippen molar-refractivity contribution in [3.8, 4) is 0 Å². The molecule has 110 valence electrons. The number of likely N-dealkylation sites (N-methyl/N-ethyl adjacent to an activating group) is 1. The van der Waals surface area contributed by atoms with Gasteiger partial charge in [-0.2, -0.15) is 0 Å². The molecule has 0 N–H and O–H groups in total. The first kappa shape index (κ1) is 16.0. The summed E-state index contributed by atoms with van der Waals surface area (Å²) in [5.41, 5.74) is 1.72. The van der Waals surface area contributed by atoms with Crippen LogP contribution in [0.1, 0.15) is 28.9 Å². The lowest BCUT2D eigenvalue weighted by Crippen LogP contribution is -2.28. The van der Waals surface area contributed by atoms with Crippen molar-refractivity contribution in [1.82, 2.24) is 4.90 Å². The summed E-state index contributed by atoms with van der Waals surface area (Å²) >= 11 is 11.9. The van der Waals surface area contributed by atoms with Gasteiger partial charge in [-0.25, -0.2) is 0 Å². The van der Waals surface area contributed by atoms with Gasteiger partial charge < -0.3 is 0 Å². The molecule has 0 aliphatic rings. The largest absolute Gasteiger partial charge is 0.293 e. The number of ketones is 1. The summed E-state index contributed by atoms with van der Waals surface area (Å²) in [5.74, 6) is 0.0499. The Morgan fingerprint density at radius 1 is 1.10 bits per heavy atom. The smallest absolute Gasteiger partial charge is 0.176 e. The molecule has 2 aromatic rings. The minimum Gasteiger partial charge on any atom is -0.293 e. The molecule has 1 unspecified atom stereocenters. The topological polar surface area (TPSA) is 20.3 Å². The number of carbonyl (C=O) groups is 1. The Kier molecular flexibility index (Phi) is 5.40. The highest BCUT2D eigenvalue weighted by Crippen LogP contribution is 2.22. The van der Waals surface area contributed by atoms with Crippen molar-refractivity contribution >= 4 is 29.0 Å². The standard InChI is InChI=1S/C17H17Cl2NO/c1-12(13-5-3-7-15(18)9-13)20(2)11-17(21)14-6-4-8-16(19)10-14/h3-10,12H,11H2,1-2H3. The van der Waals surface area contributed by atoms with Gasteiger partial charge in [-0.05, 0) is 43.8 Å². The fourth-order valence-electron chi connectivity index (χ4n) is 2.14. The molecule has 0 aliphatic carbocycles. The molecule has 2 rings (SSSR count). The molecular formula is C17H17Cl2NO. The molecule has 2 aromatic carbocycles. The molecule has 21 heavy (non-hydrogen) atoms. The van der Waals surface area contributed by atoms with E-state index in [0.29, 0.717) is 22.2 Å². The van der Waals surface area contributed by atoms with E-state index in [-0.39, 0.29) is 11.8 Å². The molecule has 0 saturated heterocycles. The Bertz CT molecular complexity index is 642. The van der Waals surface area contributed by atoms with E-state index in [1.807, 2.05) is 36.2 Å². The SMILES string of the molecule is CC(c1cccc(Cl)c1)N(C)CC(=O)c1cccc(Cl)c1. The monoisotopic (exact) mass is 321 g/mol. The number of halogens is 2. The van der Waals surface area contributed by atoms with Crippen molar-refractivity contribution in [2.45, 2.75) is 13.0 Å². The predicted octanol–water partition coefficient (Wildman–Crippen LogP) is 4.87. The van der Waals surface area contributed by atoms with Gasteiger partial charge in [-0.15, -0.1) is 0 Å². The van der Waals surface area contributed by atoms with Crippen LogP contribution in [-0.4, -0.2) is 24.3 Å². The number of rotatable bonds is 5. The summed E-state index contributed by atoms with van der Waals surface area (Å²) in [6.07, 6.45) is 0. The third-order valence-corrected chi connectivity index (χ3v) is 4.00. The number of Topliss-reactive ketones (excluding diaryl/α,β-unsaturated/α-hetero) is 1. The van der Waals surface area contributed by atoms with Crippen molar-refractivity contribution in [3.63, 3.8) is 0 Å². The Morgan fingerprint density at radius 2 is 1.71 bits per heavy atom. The third-order valence-electron chi connectivity index (χ3n) is 3.53. The summed E-state index contributed by atoms with van der Waals surface area (Å²) in [6, 6.07) is 14.8. The molecule has 0 bridgehead atoms. The molecule has 0 aromatic heterocycles. The minimum absolute atomic E-state index is 0.0499. The lowest BCUT2D eigenvalue weighted by atomic mass is 10.1. The Morgan fingerprint density at radius 3 is 2.33 bits per heavy atom. The first-order chi connectivity index (χ1) is 9.97. The molecule has 0 aliphatic heterocycles. The second-order valence-electron chi connectivity index (χ2n) is 5.08. The van der Waals surface area contributed by atoms with E-state index in [4.69, 9.17) is 23.2 Å². The molecule has 1 atom stereocenters. The van der Waals surface area contributed by atoms with Crippen molar-refractivity contribution in [3.05, 3.63) is 69.7 Å². The van der Waals surface area contributed by atoms with E-state index in [0.717, 1.165) is 5.56 Å². The van der Waals surface area contributed by atoms with E-state index >= 15 is 0 Å². The highest BCUT2D eigenvalue weighted by Gasteiger charge is 2.16. The van der Waals surface area contributed by atoms with Gasteiger partial charge in [0.2, 0.25) is 0 Å². The Labute approximate surface area is 135 Å². The quantitative estimate of drug-likeness (QED) is 0.732. The van der Waals surface area contributed by atoms with Crippen LogP contribution in [-0.2, 0) is 0 Å². The van der Waals surface area contributed by atoms with E-state index in [1.165, 1.54) is 0 Å². The number of hydrogen-bond acceptors (Lipinski definition) is 2. The second kappa shape index (κ2) is 7.08. The van der Waals surface area contributed by atoms with Crippen molar-refractivity contribution in [2.75, 3.05) is 13.6 Å². The lowest BCUT2D eigenvalue weighted by molar-refractivity contribution is 0.0925. The Balaban J connectivity index is 2.07. The normalized spacial score (nSPS) is 12.4. The molecule has 0 spiro atoms. The van der Waals surface area contributed by atoms with Crippen LogP contribution < -0.4 is 0 Å². The van der Waals surface area contributed by atoms with E-state index < -0.39 is 0 Å². The molecule has 0 radical (unpaired) electrons. The van der Waals surface area contributed by atoms with Crippen molar-refractivity contribution in [2.24, 2.45) is 0 Å². The van der Waals surface area contributed by atoms with E-state index in [2.05, 4.69) is 6.92 Å². The number of carbonyl (C=O) groups excluding carboxylic acids is 1. The fraction of sp³-hybridized carbons (Fsp3) is 0.235. The van der Waals surface area contributed by atoms with Crippen LogP contribution in [0.4, 0.5) is 0 Å². The van der Waals surface area contributed by atoms with Crippen LogP contribution in [0.25, 0.3) is 0 Å². The van der Waals surface area contributed by atoms with Gasteiger partial charge in [0.25, 0.3) is 0 Å². The molecule has 0 fully saturated rings. The summed E-state index contributed by atoms with van der Waals surface area (Å²) in [4.78, 5) is 14.3. The number of benzene rings is 2. The van der Waals surface area contributed by atoms with Gasteiger partial charge >= 0.3 is 0 Å². The number of hydrogen-bond donors (Lipinski definition) is 0. The van der Waals surface area contributed by atoms with Crippen molar-refractivity contribution in [1.29, 1.82) is 0 Å². The average Bonchev–Trinajstić information content (AvgIpc) is 2.46. The Hall–Kier alpha value is -1.35. The van der Waals surface area contributed by atoms with E-state index in [1.54, 1.807) is 24.3 Å². The van der Waals surface area contributed by atoms with Gasteiger partial charge in [0.15, 0.2) is 5.78 Å². The second-order valence-corrected chi connectivity index (χ2v) is 5.95. The van der Waals surface area contributed by atoms with Gasteiger partial charge in [-0.1, -0.05) is 47.5 Å². The summed E-state index contributed by atoms with van der Waals surface area (Å²) in [5, 5.41) is 1.28. The van der Waals surface area contributed by atoms with Crippen LogP contribution in [0.5, 0.6) is 0 Å². The maximum Gasteiger partial charge on any atom is 0.176 e. The molecule has 0 heterocycles. The van der Waals surface area contributed by atoms with E-state index in [9.17, 15) is 4.79 Å². The molecular weight excluding hydrogens is 305 g/mol. The molecule has 0 saturated carbocycles. The van der Waals surface area contributed by atoms with Gasteiger partial charge in [0, 0.05) is 21.7 Å². The fourth-order valence-corrected chi connectivity index (χ4v) is 2.53. The van der Waals surface area contributed by atoms with Crippen LogP contribution in [0.15, 0.2) is 48.5 Å². The molecule has 2 nitrogen and oxygen atoms in total. The summed E-state index contributed by atoms with van der Waals surface area (Å²) in [6.45, 7) is 2.38. The van der Waals surface area contributed by atoms with Crippen molar-refractivity contribution < 1.29 is 4.79 Å². The predicted molar refractivity (Wildman–Crippen MR) is 88.3 cm³/mol. The maximum atomic E-state index is 12.3. The first-order valence-electron chi connectivity index (χ1n) is 6.72. The van der Waals surface area contributed by atoms with Gasteiger partial charge in [-0.3, -0.25) is 9.69 Å². The minimum atomic E-state index is 0.0499. The maximum absolute atomic E-state index is 12.3. The lowest BCUT2D eigenvalue weighted by Gasteiger charge is -2.24. The zero-order valence-electron chi connectivity index (χ0n) is 12.0. The van der Waals surface area contributed by atoms with Crippen LogP contribution in [0.3, 0.4) is 0 Å². The van der Waals surface area contributed by atoms with Gasteiger partial charge in [0.05, 0.1) is 6.54 Å². The van der Waals surface area contributed by atoms with Crippen LogP contribution in [0.2, 0.25) is 10.0 Å². The van der Waals surface area contributed by atoms with Crippen LogP contribution >= 0.6 is 23.2 Å². The summed E-state index contributed by atoms with van der Waals surface area (Å²) in [7, 11) is 1.92. The van der Waals surface area contributed by atoms with Gasteiger partial charge in [0.1, 0.15) is 0 Å².